The SMILES string of the molecule is CC(C)n1cc(C(=O)c2cncc(NC(=O)Cn3ccc(-c4cccs4)n3)c2)c2cncnc21. The largest absolute Gasteiger partial charge is 0.329 e. The van der Waals surface area contributed by atoms with Crippen molar-refractivity contribution in [1.82, 2.24) is 29.3 Å². The Bertz CT molecular complexity index is 1480. The molecule has 170 valence electrons. The van der Waals surface area contributed by atoms with E-state index in [0.717, 1.165) is 10.6 Å². The molecule has 10 heteroatoms. The van der Waals surface area contributed by atoms with Gasteiger partial charge in [0.15, 0.2) is 5.78 Å². The molecule has 5 aromatic heterocycles. The molecule has 34 heavy (non-hydrogen) atoms. The van der Waals surface area contributed by atoms with Crippen molar-refractivity contribution >= 4 is 39.7 Å². The molecule has 0 atom stereocenters. The van der Waals surface area contributed by atoms with E-state index in [4.69, 9.17) is 0 Å². The zero-order valence-electron chi connectivity index (χ0n) is 18.5. The van der Waals surface area contributed by atoms with Gasteiger partial charge in [-0.2, -0.15) is 5.10 Å². The smallest absolute Gasteiger partial charge is 0.246 e. The van der Waals surface area contributed by atoms with Crippen LogP contribution in [-0.4, -0.2) is 41.0 Å². The third-order valence-electron chi connectivity index (χ3n) is 5.30. The van der Waals surface area contributed by atoms with E-state index < -0.39 is 0 Å². The first kappa shape index (κ1) is 21.7. The first-order valence-electron chi connectivity index (χ1n) is 10.7. The van der Waals surface area contributed by atoms with Crippen molar-refractivity contribution < 1.29 is 9.59 Å². The molecule has 0 saturated carbocycles. The Labute approximate surface area is 199 Å². The first-order valence-corrected chi connectivity index (χ1v) is 11.5. The van der Waals surface area contributed by atoms with Gasteiger partial charge in [-0.25, -0.2) is 9.97 Å². The van der Waals surface area contributed by atoms with Crippen LogP contribution < -0.4 is 5.32 Å². The summed E-state index contributed by atoms with van der Waals surface area (Å²) in [7, 11) is 0. The van der Waals surface area contributed by atoms with Crippen molar-refractivity contribution in [3.8, 4) is 10.6 Å². The van der Waals surface area contributed by atoms with Gasteiger partial charge < -0.3 is 9.88 Å². The van der Waals surface area contributed by atoms with Crippen LogP contribution in [0.3, 0.4) is 0 Å². The molecule has 0 aliphatic heterocycles. The number of pyridine rings is 1. The highest BCUT2D eigenvalue weighted by molar-refractivity contribution is 7.13. The Morgan fingerprint density at radius 1 is 1.15 bits per heavy atom. The molecule has 5 heterocycles. The van der Waals surface area contributed by atoms with E-state index in [1.54, 1.807) is 40.7 Å². The number of carbonyl (C=O) groups is 2. The minimum absolute atomic E-state index is 0.0444. The summed E-state index contributed by atoms with van der Waals surface area (Å²) in [6, 6.07) is 7.56. The lowest BCUT2D eigenvalue weighted by Gasteiger charge is -2.07. The number of aromatic nitrogens is 6. The van der Waals surface area contributed by atoms with E-state index in [-0.39, 0.29) is 24.3 Å². The van der Waals surface area contributed by atoms with Crippen LogP contribution in [0.15, 0.2) is 67.0 Å². The van der Waals surface area contributed by atoms with Crippen LogP contribution >= 0.6 is 11.3 Å². The molecule has 9 nitrogen and oxygen atoms in total. The topological polar surface area (TPSA) is 108 Å². The third kappa shape index (κ3) is 4.23. The number of hydrogen-bond donors (Lipinski definition) is 1. The average Bonchev–Trinajstić information content (AvgIpc) is 3.58. The number of thiophene rings is 1. The summed E-state index contributed by atoms with van der Waals surface area (Å²) in [5, 5.41) is 9.91. The van der Waals surface area contributed by atoms with Crippen LogP contribution in [0.2, 0.25) is 0 Å². The molecular formula is C24H21N7O2S. The van der Waals surface area contributed by atoms with E-state index in [0.29, 0.717) is 27.8 Å². The standard InChI is InChI=1S/C24H21N7O2S/c1-15(2)31-12-19(18-11-26-14-27-24(18)31)23(33)16-8-17(10-25-9-16)28-22(32)13-30-6-5-20(29-30)21-4-3-7-34-21/h3-12,14-15H,13H2,1-2H3,(H,28,32). The number of anilines is 1. The summed E-state index contributed by atoms with van der Waals surface area (Å²) in [5.41, 5.74) is 2.81. The number of amides is 1. The van der Waals surface area contributed by atoms with Gasteiger partial charge in [0.1, 0.15) is 24.2 Å². The minimum atomic E-state index is -0.267. The highest BCUT2D eigenvalue weighted by Crippen LogP contribution is 2.25. The monoisotopic (exact) mass is 471 g/mol. The predicted octanol–water partition coefficient (Wildman–Crippen LogP) is 4.20. The van der Waals surface area contributed by atoms with Crippen LogP contribution in [0.4, 0.5) is 5.69 Å². The summed E-state index contributed by atoms with van der Waals surface area (Å²) in [6.45, 7) is 4.09. The van der Waals surface area contributed by atoms with Crippen molar-refractivity contribution in [2.45, 2.75) is 26.4 Å². The molecule has 0 aromatic carbocycles. The van der Waals surface area contributed by atoms with Gasteiger partial charge in [-0.15, -0.1) is 11.3 Å². The van der Waals surface area contributed by atoms with Crippen LogP contribution in [0, 0.1) is 0 Å². The third-order valence-corrected chi connectivity index (χ3v) is 6.19. The van der Waals surface area contributed by atoms with Crippen molar-refractivity contribution in [2.75, 3.05) is 5.32 Å². The quantitative estimate of drug-likeness (QED) is 0.357. The summed E-state index contributed by atoms with van der Waals surface area (Å²) in [5.74, 6) is -0.479. The number of ketones is 1. The van der Waals surface area contributed by atoms with Gasteiger partial charge >= 0.3 is 0 Å². The maximum Gasteiger partial charge on any atom is 0.246 e. The fraction of sp³-hybridized carbons (Fsp3) is 0.167. The van der Waals surface area contributed by atoms with Gasteiger partial charge in [-0.1, -0.05) is 6.07 Å². The highest BCUT2D eigenvalue weighted by Gasteiger charge is 2.20. The number of nitrogens with zero attached hydrogens (tertiary/aromatic N) is 6. The van der Waals surface area contributed by atoms with Crippen molar-refractivity contribution in [3.63, 3.8) is 0 Å². The molecule has 0 aliphatic rings. The molecule has 1 N–H and O–H groups in total. The lowest BCUT2D eigenvalue weighted by molar-refractivity contribution is -0.116. The molecule has 5 rings (SSSR count). The number of nitrogens with one attached hydrogen (secondary N) is 1. The average molecular weight is 472 g/mol. The fourth-order valence-corrected chi connectivity index (χ4v) is 4.39. The van der Waals surface area contributed by atoms with Crippen LogP contribution in [0.25, 0.3) is 21.6 Å². The summed E-state index contributed by atoms with van der Waals surface area (Å²) < 4.78 is 3.52. The van der Waals surface area contributed by atoms with Crippen LogP contribution in [-0.2, 0) is 11.3 Å². The van der Waals surface area contributed by atoms with Gasteiger partial charge in [-0.05, 0) is 37.4 Å². The van der Waals surface area contributed by atoms with Gasteiger partial charge in [-0.3, -0.25) is 19.3 Å². The lowest BCUT2D eigenvalue weighted by atomic mass is 10.1. The molecule has 0 spiro atoms. The Morgan fingerprint density at radius 2 is 2.03 bits per heavy atom. The molecule has 5 aromatic rings. The maximum atomic E-state index is 13.3. The molecule has 0 unspecified atom stereocenters. The number of fused-ring (bicyclic) bond motifs is 1. The van der Waals surface area contributed by atoms with E-state index in [1.165, 1.54) is 18.7 Å². The highest BCUT2D eigenvalue weighted by atomic mass is 32.1. The second kappa shape index (κ2) is 8.99. The first-order chi connectivity index (χ1) is 16.5. The molecule has 0 saturated heterocycles. The van der Waals surface area contributed by atoms with Crippen molar-refractivity contribution in [2.24, 2.45) is 0 Å². The summed E-state index contributed by atoms with van der Waals surface area (Å²) >= 11 is 1.59. The fourth-order valence-electron chi connectivity index (χ4n) is 3.70. The van der Waals surface area contributed by atoms with E-state index >= 15 is 0 Å². The summed E-state index contributed by atoms with van der Waals surface area (Å²) in [6.07, 6.45) is 9.66. The Hall–Kier alpha value is -4.18. The second-order valence-electron chi connectivity index (χ2n) is 8.02. The van der Waals surface area contributed by atoms with E-state index in [1.807, 2.05) is 42.0 Å². The van der Waals surface area contributed by atoms with Gasteiger partial charge in [0, 0.05) is 41.8 Å². The second-order valence-corrected chi connectivity index (χ2v) is 8.97. The normalized spacial score (nSPS) is 11.3. The van der Waals surface area contributed by atoms with Crippen LogP contribution in [0.1, 0.15) is 35.8 Å². The van der Waals surface area contributed by atoms with Gasteiger partial charge in [0.25, 0.3) is 0 Å². The molecule has 0 aliphatic carbocycles. The maximum absolute atomic E-state index is 13.3. The van der Waals surface area contributed by atoms with E-state index in [2.05, 4.69) is 25.4 Å². The minimum Gasteiger partial charge on any atom is -0.329 e. The molecular weight excluding hydrogens is 450 g/mol. The zero-order chi connectivity index (χ0) is 23.7. The van der Waals surface area contributed by atoms with E-state index in [9.17, 15) is 9.59 Å². The van der Waals surface area contributed by atoms with Crippen molar-refractivity contribution in [3.05, 3.63) is 78.1 Å². The molecule has 0 fully saturated rings. The number of carbonyl (C=O) groups excluding carboxylic acids is 2. The molecule has 0 radical (unpaired) electrons. The molecule has 0 bridgehead atoms. The van der Waals surface area contributed by atoms with Gasteiger partial charge in [0.2, 0.25) is 5.91 Å². The Balaban J connectivity index is 1.33. The predicted molar refractivity (Wildman–Crippen MR) is 130 cm³/mol. The number of hydrogen-bond acceptors (Lipinski definition) is 7. The Kier molecular flexibility index (Phi) is 5.72. The zero-order valence-corrected chi connectivity index (χ0v) is 19.4. The van der Waals surface area contributed by atoms with Crippen molar-refractivity contribution in [1.29, 1.82) is 0 Å². The van der Waals surface area contributed by atoms with Gasteiger partial charge in [0.05, 0.1) is 22.3 Å². The lowest BCUT2D eigenvalue weighted by Crippen LogP contribution is -2.19. The van der Waals surface area contributed by atoms with Crippen LogP contribution in [0.5, 0.6) is 0 Å². The molecule has 1 amide bonds. The summed E-state index contributed by atoms with van der Waals surface area (Å²) in [4.78, 5) is 39.5. The number of rotatable bonds is 7. The Morgan fingerprint density at radius 3 is 2.82 bits per heavy atom.